The number of hydrogen-bond donors (Lipinski definition) is 2. The summed E-state index contributed by atoms with van der Waals surface area (Å²) in [7, 11) is 0. The highest BCUT2D eigenvalue weighted by atomic mass is 16.5. The summed E-state index contributed by atoms with van der Waals surface area (Å²) >= 11 is 0. The van der Waals surface area contributed by atoms with E-state index >= 15 is 0 Å². The normalized spacial score (nSPS) is 12.2. The van der Waals surface area contributed by atoms with E-state index in [1.165, 1.54) is 0 Å². The fourth-order valence-electron chi connectivity index (χ4n) is 1.65. The fraction of sp³-hybridized carbons (Fsp3) is 0.562. The number of carbonyl (C=O) groups excluding carboxylic acids is 1. The van der Waals surface area contributed by atoms with Crippen LogP contribution >= 0.6 is 0 Å². The van der Waals surface area contributed by atoms with Crippen LogP contribution in [0.4, 0.5) is 0 Å². The molecule has 124 valence electrons. The lowest BCUT2D eigenvalue weighted by Crippen LogP contribution is -2.30. The Kier molecular flexibility index (Phi) is 9.21. The minimum atomic E-state index is -0.728. The van der Waals surface area contributed by atoms with Crippen LogP contribution in [-0.4, -0.2) is 50.1 Å². The van der Waals surface area contributed by atoms with E-state index in [1.807, 2.05) is 38.1 Å². The Bertz CT molecular complexity index is 408. The van der Waals surface area contributed by atoms with Crippen LogP contribution in [0.1, 0.15) is 19.4 Å². The van der Waals surface area contributed by atoms with Gasteiger partial charge in [-0.05, 0) is 31.5 Å². The number of carbonyl (C=O) groups is 1. The van der Waals surface area contributed by atoms with Crippen molar-refractivity contribution in [2.24, 2.45) is 0 Å². The van der Waals surface area contributed by atoms with Gasteiger partial charge in [0.1, 0.15) is 18.5 Å². The Labute approximate surface area is 131 Å². The molecule has 0 aromatic heterocycles. The average molecular weight is 311 g/mol. The van der Waals surface area contributed by atoms with Gasteiger partial charge >= 0.3 is 0 Å². The third kappa shape index (κ3) is 8.61. The van der Waals surface area contributed by atoms with Crippen LogP contribution in [0.5, 0.6) is 5.75 Å². The van der Waals surface area contributed by atoms with Crippen LogP contribution in [0.2, 0.25) is 0 Å². The molecule has 1 aromatic rings. The highest BCUT2D eigenvalue weighted by molar-refractivity contribution is 5.45. The molecule has 22 heavy (non-hydrogen) atoms. The van der Waals surface area contributed by atoms with Crippen molar-refractivity contribution >= 4 is 6.41 Å². The van der Waals surface area contributed by atoms with Gasteiger partial charge in [-0.1, -0.05) is 12.1 Å². The molecule has 0 radical (unpaired) electrons. The zero-order valence-electron chi connectivity index (χ0n) is 13.2. The second-order valence-electron chi connectivity index (χ2n) is 5.11. The molecule has 0 saturated carbocycles. The van der Waals surface area contributed by atoms with E-state index < -0.39 is 6.10 Å². The van der Waals surface area contributed by atoms with E-state index in [4.69, 9.17) is 14.2 Å². The summed E-state index contributed by atoms with van der Waals surface area (Å²) in [6.45, 7) is 5.96. The smallest absolute Gasteiger partial charge is 0.207 e. The quantitative estimate of drug-likeness (QED) is 0.447. The van der Waals surface area contributed by atoms with E-state index in [0.717, 1.165) is 5.56 Å². The molecule has 0 aliphatic rings. The maximum absolute atomic E-state index is 10.1. The monoisotopic (exact) mass is 311 g/mol. The zero-order chi connectivity index (χ0) is 16.2. The molecule has 2 N–H and O–H groups in total. The molecule has 1 aromatic carbocycles. The van der Waals surface area contributed by atoms with Gasteiger partial charge in [-0.3, -0.25) is 4.79 Å². The second-order valence-corrected chi connectivity index (χ2v) is 5.11. The summed E-state index contributed by atoms with van der Waals surface area (Å²) in [5.41, 5.74) is 1.04. The predicted molar refractivity (Wildman–Crippen MR) is 82.8 cm³/mol. The summed E-state index contributed by atoms with van der Waals surface area (Å²) in [6, 6.07) is 7.47. The van der Waals surface area contributed by atoms with E-state index in [1.54, 1.807) is 0 Å². The van der Waals surface area contributed by atoms with Crippen LogP contribution in [0.3, 0.4) is 0 Å². The van der Waals surface area contributed by atoms with Crippen LogP contribution in [0.25, 0.3) is 0 Å². The maximum Gasteiger partial charge on any atom is 0.207 e. The molecule has 0 bridgehead atoms. The summed E-state index contributed by atoms with van der Waals surface area (Å²) in [5.74, 6) is 0.664. The summed E-state index contributed by atoms with van der Waals surface area (Å²) in [6.07, 6.45) is 0.0378. The number of nitrogens with one attached hydrogen (secondary N) is 1. The predicted octanol–water partition coefficient (Wildman–Crippen LogP) is 1.11. The van der Waals surface area contributed by atoms with Gasteiger partial charge < -0.3 is 24.6 Å². The Morgan fingerprint density at radius 2 is 1.95 bits per heavy atom. The number of aliphatic hydroxyl groups excluding tert-OH is 1. The number of hydrogen-bond acceptors (Lipinski definition) is 5. The summed E-state index contributed by atoms with van der Waals surface area (Å²) in [4.78, 5) is 10.1. The van der Waals surface area contributed by atoms with Gasteiger partial charge in [0.25, 0.3) is 0 Å². The molecule has 6 nitrogen and oxygen atoms in total. The van der Waals surface area contributed by atoms with Crippen molar-refractivity contribution in [3.05, 3.63) is 29.8 Å². The first-order valence-corrected chi connectivity index (χ1v) is 7.38. The van der Waals surface area contributed by atoms with Gasteiger partial charge in [0.05, 0.1) is 25.9 Å². The second kappa shape index (κ2) is 11.0. The number of aliphatic hydroxyl groups is 1. The molecule has 0 aliphatic carbocycles. The van der Waals surface area contributed by atoms with E-state index in [0.29, 0.717) is 32.0 Å². The van der Waals surface area contributed by atoms with Crippen LogP contribution in [-0.2, 0) is 20.9 Å². The first-order chi connectivity index (χ1) is 10.6. The number of benzene rings is 1. The van der Waals surface area contributed by atoms with Gasteiger partial charge in [-0.25, -0.2) is 0 Å². The Morgan fingerprint density at radius 1 is 1.23 bits per heavy atom. The van der Waals surface area contributed by atoms with Crippen LogP contribution in [0.15, 0.2) is 24.3 Å². The van der Waals surface area contributed by atoms with Gasteiger partial charge in [0, 0.05) is 6.54 Å². The molecule has 1 atom stereocenters. The highest BCUT2D eigenvalue weighted by Gasteiger charge is 2.04. The summed E-state index contributed by atoms with van der Waals surface area (Å²) < 4.78 is 16.3. The van der Waals surface area contributed by atoms with Crippen molar-refractivity contribution in [3.63, 3.8) is 0 Å². The lowest BCUT2D eigenvalue weighted by molar-refractivity contribution is -0.110. The van der Waals surface area contributed by atoms with Crippen molar-refractivity contribution in [1.29, 1.82) is 0 Å². The molecule has 6 heteroatoms. The lowest BCUT2D eigenvalue weighted by atomic mass is 10.2. The molecule has 0 unspecified atom stereocenters. The Hall–Kier alpha value is -1.63. The van der Waals surface area contributed by atoms with Gasteiger partial charge in [-0.2, -0.15) is 0 Å². The Morgan fingerprint density at radius 3 is 2.59 bits per heavy atom. The van der Waals surface area contributed by atoms with E-state index in [2.05, 4.69) is 5.32 Å². The molecule has 0 heterocycles. The topological polar surface area (TPSA) is 77.0 Å². The molecule has 1 amide bonds. The summed E-state index contributed by atoms with van der Waals surface area (Å²) in [5, 5.41) is 11.9. The lowest BCUT2D eigenvalue weighted by Gasteiger charge is -2.12. The average Bonchev–Trinajstić information content (AvgIpc) is 2.51. The van der Waals surface area contributed by atoms with Crippen molar-refractivity contribution in [2.45, 2.75) is 32.7 Å². The highest BCUT2D eigenvalue weighted by Crippen LogP contribution is 2.13. The van der Waals surface area contributed by atoms with Gasteiger partial charge in [-0.15, -0.1) is 0 Å². The van der Waals surface area contributed by atoms with Crippen molar-refractivity contribution in [1.82, 2.24) is 5.32 Å². The minimum Gasteiger partial charge on any atom is -0.491 e. The molecule has 0 fully saturated rings. The van der Waals surface area contributed by atoms with Crippen LogP contribution < -0.4 is 10.1 Å². The number of amides is 1. The van der Waals surface area contributed by atoms with E-state index in [-0.39, 0.29) is 19.3 Å². The third-order valence-electron chi connectivity index (χ3n) is 2.75. The zero-order valence-corrected chi connectivity index (χ0v) is 13.2. The van der Waals surface area contributed by atoms with Gasteiger partial charge in [0.15, 0.2) is 0 Å². The molecule has 0 spiro atoms. The molecular formula is C16H25NO5. The largest absolute Gasteiger partial charge is 0.491 e. The van der Waals surface area contributed by atoms with Gasteiger partial charge in [0.2, 0.25) is 6.41 Å². The molecule has 0 saturated heterocycles. The number of rotatable bonds is 12. The fourth-order valence-corrected chi connectivity index (χ4v) is 1.65. The van der Waals surface area contributed by atoms with Crippen molar-refractivity contribution < 1.29 is 24.1 Å². The van der Waals surface area contributed by atoms with E-state index in [9.17, 15) is 9.90 Å². The van der Waals surface area contributed by atoms with Crippen molar-refractivity contribution in [3.8, 4) is 5.75 Å². The maximum atomic E-state index is 10.1. The standard InChI is InChI=1S/C16H25NO5/c1-13(2)21-8-7-20-10-14-3-5-16(6-4-14)22-11-15(19)9-17-12-18/h3-6,12-13,15,19H,7-11H2,1-2H3,(H,17,18)/t15-/m1/s1. The first kappa shape index (κ1) is 18.4. The van der Waals surface area contributed by atoms with Crippen molar-refractivity contribution in [2.75, 3.05) is 26.4 Å². The first-order valence-electron chi connectivity index (χ1n) is 7.38. The Balaban J connectivity index is 2.20. The molecular weight excluding hydrogens is 286 g/mol. The molecule has 1 rings (SSSR count). The SMILES string of the molecule is CC(C)OCCOCc1ccc(OC[C@H](O)CNC=O)cc1. The molecule has 0 aliphatic heterocycles. The third-order valence-corrected chi connectivity index (χ3v) is 2.75. The number of ether oxygens (including phenoxy) is 3. The minimum absolute atomic E-state index is 0.128. The van der Waals surface area contributed by atoms with Crippen LogP contribution in [0, 0.1) is 0 Å².